The molecule has 0 aromatic heterocycles. The molecule has 0 unspecified atom stereocenters. The van der Waals surface area contributed by atoms with Gasteiger partial charge in [-0.05, 0) is 17.5 Å². The number of rotatable bonds is 14. The second-order valence-corrected chi connectivity index (χ2v) is 7.70. The summed E-state index contributed by atoms with van der Waals surface area (Å²) >= 11 is 0. The molecule has 0 fully saturated rings. The summed E-state index contributed by atoms with van der Waals surface area (Å²) in [6.07, 6.45) is 16.8. The van der Waals surface area contributed by atoms with E-state index in [2.05, 4.69) is 67.6 Å². The number of benzene rings is 2. The van der Waals surface area contributed by atoms with Gasteiger partial charge in [-0.1, -0.05) is 138 Å². The molecule has 0 heteroatoms. The van der Waals surface area contributed by atoms with E-state index in [9.17, 15) is 0 Å². The van der Waals surface area contributed by atoms with Crippen molar-refractivity contribution in [3.8, 4) is 0 Å². The van der Waals surface area contributed by atoms with Gasteiger partial charge in [0.25, 0.3) is 0 Å². The van der Waals surface area contributed by atoms with Crippen LogP contribution in [0.25, 0.3) is 0 Å². The maximum atomic E-state index is 2.29. The molecule has 0 saturated heterocycles. The normalized spacial score (nSPS) is 11.2. The lowest BCUT2D eigenvalue weighted by Crippen LogP contribution is -2.01. The second kappa shape index (κ2) is 13.6. The van der Waals surface area contributed by atoms with Crippen LogP contribution < -0.4 is 0 Å². The smallest absolute Gasteiger partial charge is 0.00893 e. The first-order valence-electron chi connectivity index (χ1n) is 11.0. The highest BCUT2D eigenvalue weighted by molar-refractivity contribution is 5.32. The van der Waals surface area contributed by atoms with Gasteiger partial charge >= 0.3 is 0 Å². The number of hydrogen-bond donors (Lipinski definition) is 0. The largest absolute Gasteiger partial charge is 0.0654 e. The Balaban J connectivity index is 1.64. The molecule has 142 valence electrons. The van der Waals surface area contributed by atoms with Crippen LogP contribution in [0.4, 0.5) is 0 Å². The average molecular weight is 351 g/mol. The first-order chi connectivity index (χ1) is 12.9. The van der Waals surface area contributed by atoms with Gasteiger partial charge in [0.15, 0.2) is 0 Å². The van der Waals surface area contributed by atoms with E-state index >= 15 is 0 Å². The van der Waals surface area contributed by atoms with Crippen LogP contribution in [0.2, 0.25) is 0 Å². The molecule has 2 aromatic rings. The van der Waals surface area contributed by atoms with Gasteiger partial charge < -0.3 is 0 Å². The molecule has 0 nitrogen and oxygen atoms in total. The molecule has 0 heterocycles. The predicted molar refractivity (Wildman–Crippen MR) is 116 cm³/mol. The fraction of sp³-hybridized carbons (Fsp3) is 0.538. The van der Waals surface area contributed by atoms with E-state index in [4.69, 9.17) is 0 Å². The van der Waals surface area contributed by atoms with Crippen LogP contribution in [0.5, 0.6) is 0 Å². The van der Waals surface area contributed by atoms with Gasteiger partial charge in [0.1, 0.15) is 0 Å². The van der Waals surface area contributed by atoms with Crippen LogP contribution in [-0.4, -0.2) is 0 Å². The average Bonchev–Trinajstić information content (AvgIpc) is 2.70. The van der Waals surface area contributed by atoms with Crippen LogP contribution in [0.3, 0.4) is 0 Å². The Kier molecular flexibility index (Phi) is 10.9. The monoisotopic (exact) mass is 350 g/mol. The van der Waals surface area contributed by atoms with E-state index < -0.39 is 0 Å². The van der Waals surface area contributed by atoms with Crippen LogP contribution in [0.1, 0.15) is 101 Å². The van der Waals surface area contributed by atoms with Gasteiger partial charge in [-0.2, -0.15) is 0 Å². The molecule has 0 spiro atoms. The van der Waals surface area contributed by atoms with Crippen molar-refractivity contribution >= 4 is 0 Å². The summed E-state index contributed by atoms with van der Waals surface area (Å²) < 4.78 is 0. The number of hydrogen-bond acceptors (Lipinski definition) is 0. The molecule has 0 amide bonds. The lowest BCUT2D eigenvalue weighted by atomic mass is 9.87. The van der Waals surface area contributed by atoms with Crippen LogP contribution in [-0.2, 0) is 0 Å². The number of unbranched alkanes of at least 4 members (excludes halogenated alkanes) is 10. The maximum absolute atomic E-state index is 2.29. The van der Waals surface area contributed by atoms with Crippen LogP contribution in [0, 0.1) is 0 Å². The van der Waals surface area contributed by atoms with Crippen molar-refractivity contribution in [2.75, 3.05) is 0 Å². The predicted octanol–water partition coefficient (Wildman–Crippen LogP) is 8.52. The molecule has 0 aliphatic carbocycles. The molecule has 26 heavy (non-hydrogen) atoms. The Morgan fingerprint density at radius 1 is 0.500 bits per heavy atom. The van der Waals surface area contributed by atoms with Crippen LogP contribution in [0.15, 0.2) is 60.7 Å². The van der Waals surface area contributed by atoms with E-state index in [1.54, 1.807) is 0 Å². The van der Waals surface area contributed by atoms with E-state index in [-0.39, 0.29) is 0 Å². The highest BCUT2D eigenvalue weighted by Gasteiger charge is 2.13. The molecule has 0 aliphatic rings. The van der Waals surface area contributed by atoms with Gasteiger partial charge in [0, 0.05) is 5.92 Å². The summed E-state index contributed by atoms with van der Waals surface area (Å²) in [5.41, 5.74) is 2.93. The highest BCUT2D eigenvalue weighted by atomic mass is 14.2. The van der Waals surface area contributed by atoms with Crippen molar-refractivity contribution < 1.29 is 0 Å². The molecule has 0 bridgehead atoms. The fourth-order valence-electron chi connectivity index (χ4n) is 3.91. The van der Waals surface area contributed by atoms with Gasteiger partial charge in [0.2, 0.25) is 0 Å². The third-order valence-electron chi connectivity index (χ3n) is 5.50. The summed E-state index contributed by atoms with van der Waals surface area (Å²) in [5, 5.41) is 0. The van der Waals surface area contributed by atoms with Gasteiger partial charge in [0.05, 0.1) is 0 Å². The van der Waals surface area contributed by atoms with Crippen molar-refractivity contribution in [3.63, 3.8) is 0 Å². The fourth-order valence-corrected chi connectivity index (χ4v) is 3.91. The summed E-state index contributed by atoms with van der Waals surface area (Å²) in [5.74, 6) is 0.552. The molecular weight excluding hydrogens is 312 g/mol. The van der Waals surface area contributed by atoms with Crippen molar-refractivity contribution in [1.82, 2.24) is 0 Å². The Morgan fingerprint density at radius 3 is 1.31 bits per heavy atom. The van der Waals surface area contributed by atoms with Crippen molar-refractivity contribution in [1.29, 1.82) is 0 Å². The summed E-state index contributed by atoms with van der Waals surface area (Å²) in [6.45, 7) is 2.29. The van der Waals surface area contributed by atoms with E-state index in [0.29, 0.717) is 5.92 Å². The second-order valence-electron chi connectivity index (χ2n) is 7.70. The highest BCUT2D eigenvalue weighted by Crippen LogP contribution is 2.30. The van der Waals surface area contributed by atoms with Gasteiger partial charge in [-0.3, -0.25) is 0 Å². The quantitative estimate of drug-likeness (QED) is 0.299. The topological polar surface area (TPSA) is 0 Å². The minimum absolute atomic E-state index is 0.552. The van der Waals surface area contributed by atoms with Crippen molar-refractivity contribution in [3.05, 3.63) is 71.8 Å². The van der Waals surface area contributed by atoms with Gasteiger partial charge in [-0.15, -0.1) is 0 Å². The molecule has 2 rings (SSSR count). The summed E-state index contributed by atoms with van der Waals surface area (Å²) in [4.78, 5) is 0. The molecule has 0 atom stereocenters. The maximum Gasteiger partial charge on any atom is 0.00893 e. The first kappa shape index (κ1) is 20.7. The van der Waals surface area contributed by atoms with Gasteiger partial charge in [-0.25, -0.2) is 0 Å². The third kappa shape index (κ3) is 8.21. The summed E-state index contributed by atoms with van der Waals surface area (Å²) in [6, 6.07) is 22.1. The Labute approximate surface area is 162 Å². The molecular formula is C26H38. The first-order valence-corrected chi connectivity index (χ1v) is 11.0. The third-order valence-corrected chi connectivity index (χ3v) is 5.50. The molecule has 2 aromatic carbocycles. The lowest BCUT2D eigenvalue weighted by molar-refractivity contribution is 0.536. The van der Waals surface area contributed by atoms with Crippen molar-refractivity contribution in [2.45, 2.75) is 89.9 Å². The van der Waals surface area contributed by atoms with Crippen LogP contribution >= 0.6 is 0 Å². The standard InChI is InChI=1S/C26H38/c1-2-3-4-5-6-7-8-9-10-11-18-23-26(24-19-14-12-15-20-24)25-21-16-13-17-22-25/h12-17,19-22,26H,2-11,18,23H2,1H3. The zero-order valence-electron chi connectivity index (χ0n) is 16.8. The van der Waals surface area contributed by atoms with E-state index in [1.165, 1.54) is 88.2 Å². The Hall–Kier alpha value is -1.56. The Morgan fingerprint density at radius 2 is 0.885 bits per heavy atom. The van der Waals surface area contributed by atoms with Crippen molar-refractivity contribution in [2.24, 2.45) is 0 Å². The Bertz CT molecular complexity index is 503. The zero-order chi connectivity index (χ0) is 18.3. The summed E-state index contributed by atoms with van der Waals surface area (Å²) in [7, 11) is 0. The molecule has 0 N–H and O–H groups in total. The minimum atomic E-state index is 0.552. The molecule has 0 saturated carbocycles. The van der Waals surface area contributed by atoms with E-state index in [0.717, 1.165) is 0 Å². The lowest BCUT2D eigenvalue weighted by Gasteiger charge is -2.18. The zero-order valence-corrected chi connectivity index (χ0v) is 16.8. The SMILES string of the molecule is CCCCCCCCCCCCCC(c1ccccc1)c1ccccc1. The minimum Gasteiger partial charge on any atom is -0.0654 e. The molecule has 0 radical (unpaired) electrons. The molecule has 0 aliphatic heterocycles. The van der Waals surface area contributed by atoms with E-state index in [1.807, 2.05) is 0 Å².